The molecule has 8 nitrogen and oxygen atoms in total. The van der Waals surface area contributed by atoms with E-state index >= 15 is 0 Å². The lowest BCUT2D eigenvalue weighted by molar-refractivity contribution is 0.102. The van der Waals surface area contributed by atoms with Crippen molar-refractivity contribution in [1.82, 2.24) is 15.0 Å². The molecule has 4 rings (SSSR count). The second-order valence-corrected chi connectivity index (χ2v) is 8.29. The standard InChI is InChI=1S/C21H31N7O/c1-13(2)25-17-9-20(24-10-18(17)22-3)26-19-5-6-23-21(27-19)28-11-14-7-16(29-4)8-15(14)12-28/h5-6,9-10,13-16,22H,7-8,11-12H2,1-4H3,(H2,23,24,25,26,27)/t14-,15?,16-/m0/s1. The molecule has 0 bridgehead atoms. The van der Waals surface area contributed by atoms with Gasteiger partial charge in [-0.2, -0.15) is 4.98 Å². The molecular weight excluding hydrogens is 366 g/mol. The van der Waals surface area contributed by atoms with Gasteiger partial charge in [-0.05, 0) is 44.6 Å². The zero-order valence-electron chi connectivity index (χ0n) is 17.6. The van der Waals surface area contributed by atoms with Crippen LogP contribution in [0.3, 0.4) is 0 Å². The number of ether oxygens (including phenoxy) is 1. The van der Waals surface area contributed by atoms with Crippen LogP contribution in [-0.2, 0) is 4.74 Å². The van der Waals surface area contributed by atoms with Gasteiger partial charge in [0, 0.05) is 45.6 Å². The molecule has 3 atom stereocenters. The lowest BCUT2D eigenvalue weighted by atomic mass is 10.0. The molecule has 1 unspecified atom stereocenters. The van der Waals surface area contributed by atoms with Crippen LogP contribution in [0, 0.1) is 11.8 Å². The highest BCUT2D eigenvalue weighted by atomic mass is 16.5. The summed E-state index contributed by atoms with van der Waals surface area (Å²) in [6, 6.07) is 4.21. The fraction of sp³-hybridized carbons (Fsp3) is 0.571. The Hall–Kier alpha value is -2.61. The maximum Gasteiger partial charge on any atom is 0.227 e. The van der Waals surface area contributed by atoms with Crippen molar-refractivity contribution < 1.29 is 4.74 Å². The van der Waals surface area contributed by atoms with Gasteiger partial charge in [0.05, 0.1) is 23.7 Å². The molecule has 2 aromatic rings. The fourth-order valence-corrected chi connectivity index (χ4v) is 4.46. The quantitative estimate of drug-likeness (QED) is 0.656. The number of hydrogen-bond donors (Lipinski definition) is 3. The molecule has 29 heavy (non-hydrogen) atoms. The Morgan fingerprint density at radius 3 is 2.52 bits per heavy atom. The number of anilines is 5. The smallest absolute Gasteiger partial charge is 0.227 e. The first-order chi connectivity index (χ1) is 14.1. The molecule has 0 radical (unpaired) electrons. The zero-order chi connectivity index (χ0) is 20.4. The van der Waals surface area contributed by atoms with E-state index in [0.717, 1.165) is 54.9 Å². The van der Waals surface area contributed by atoms with Crippen LogP contribution in [-0.4, -0.2) is 54.3 Å². The third-order valence-corrected chi connectivity index (χ3v) is 5.84. The van der Waals surface area contributed by atoms with Gasteiger partial charge in [0.1, 0.15) is 11.6 Å². The summed E-state index contributed by atoms with van der Waals surface area (Å²) in [5.74, 6) is 3.65. The van der Waals surface area contributed by atoms with E-state index in [1.165, 1.54) is 0 Å². The number of fused-ring (bicyclic) bond motifs is 1. The van der Waals surface area contributed by atoms with Crippen LogP contribution in [0.5, 0.6) is 0 Å². The van der Waals surface area contributed by atoms with Crippen LogP contribution in [0.15, 0.2) is 24.5 Å². The molecule has 2 aromatic heterocycles. The highest BCUT2D eigenvalue weighted by Gasteiger charge is 2.41. The number of aromatic nitrogens is 3. The van der Waals surface area contributed by atoms with Crippen molar-refractivity contribution in [2.24, 2.45) is 11.8 Å². The summed E-state index contributed by atoms with van der Waals surface area (Å²) in [6.07, 6.45) is 6.34. The van der Waals surface area contributed by atoms with E-state index in [4.69, 9.17) is 9.72 Å². The Kier molecular flexibility index (Phi) is 5.71. The van der Waals surface area contributed by atoms with Gasteiger partial charge in [0.25, 0.3) is 0 Å². The Labute approximate surface area is 172 Å². The van der Waals surface area contributed by atoms with Crippen LogP contribution >= 0.6 is 0 Å². The maximum atomic E-state index is 5.55. The third-order valence-electron chi connectivity index (χ3n) is 5.84. The molecule has 0 amide bonds. The first-order valence-electron chi connectivity index (χ1n) is 10.4. The van der Waals surface area contributed by atoms with Gasteiger partial charge >= 0.3 is 0 Å². The molecule has 3 heterocycles. The summed E-state index contributed by atoms with van der Waals surface area (Å²) < 4.78 is 5.55. The topological polar surface area (TPSA) is 87.2 Å². The van der Waals surface area contributed by atoms with Crippen LogP contribution in [0.25, 0.3) is 0 Å². The van der Waals surface area contributed by atoms with Crippen molar-refractivity contribution >= 4 is 29.0 Å². The second-order valence-electron chi connectivity index (χ2n) is 8.29. The second kappa shape index (κ2) is 8.41. The Balaban J connectivity index is 1.46. The molecule has 8 heteroatoms. The summed E-state index contributed by atoms with van der Waals surface area (Å²) in [7, 11) is 3.72. The molecule has 1 saturated carbocycles. The fourth-order valence-electron chi connectivity index (χ4n) is 4.46. The summed E-state index contributed by atoms with van der Waals surface area (Å²) in [5, 5.41) is 9.94. The van der Waals surface area contributed by atoms with E-state index in [9.17, 15) is 0 Å². The van der Waals surface area contributed by atoms with Crippen LogP contribution in [0.2, 0.25) is 0 Å². The monoisotopic (exact) mass is 397 g/mol. The normalized spacial score (nSPS) is 23.3. The largest absolute Gasteiger partial charge is 0.385 e. The molecule has 1 saturated heterocycles. The molecule has 0 spiro atoms. The molecule has 0 aromatic carbocycles. The zero-order valence-corrected chi connectivity index (χ0v) is 17.6. The average molecular weight is 398 g/mol. The first kappa shape index (κ1) is 19.7. The van der Waals surface area contributed by atoms with Gasteiger partial charge in [-0.3, -0.25) is 0 Å². The SMILES string of the molecule is CNc1cnc(Nc2ccnc(N3CC4C[C@@H](OC)C[C@H]4C3)n2)cc1NC(C)C. The first-order valence-corrected chi connectivity index (χ1v) is 10.4. The molecule has 2 fully saturated rings. The number of hydrogen-bond acceptors (Lipinski definition) is 8. The summed E-state index contributed by atoms with van der Waals surface area (Å²) >= 11 is 0. The van der Waals surface area contributed by atoms with Crippen molar-refractivity contribution in [1.29, 1.82) is 0 Å². The minimum Gasteiger partial charge on any atom is -0.385 e. The summed E-state index contributed by atoms with van der Waals surface area (Å²) in [5.41, 5.74) is 1.97. The number of nitrogens with one attached hydrogen (secondary N) is 3. The molecule has 1 aliphatic heterocycles. The number of nitrogens with zero attached hydrogens (tertiary/aromatic N) is 4. The maximum absolute atomic E-state index is 5.55. The molecular formula is C21H31N7O. The molecule has 156 valence electrons. The average Bonchev–Trinajstić information content (AvgIpc) is 3.27. The van der Waals surface area contributed by atoms with Crippen LogP contribution in [0.4, 0.5) is 29.0 Å². The summed E-state index contributed by atoms with van der Waals surface area (Å²) in [6.45, 7) is 6.24. The number of rotatable bonds is 7. The van der Waals surface area contributed by atoms with Crippen molar-refractivity contribution in [3.63, 3.8) is 0 Å². The number of methoxy groups -OCH3 is 1. The van der Waals surface area contributed by atoms with Crippen molar-refractivity contribution in [3.05, 3.63) is 24.5 Å². The molecule has 1 aliphatic carbocycles. The van der Waals surface area contributed by atoms with Crippen LogP contribution < -0.4 is 20.9 Å². The van der Waals surface area contributed by atoms with Gasteiger partial charge in [0.15, 0.2) is 0 Å². The van der Waals surface area contributed by atoms with Gasteiger partial charge < -0.3 is 25.6 Å². The highest BCUT2D eigenvalue weighted by molar-refractivity contribution is 5.72. The highest BCUT2D eigenvalue weighted by Crippen LogP contribution is 2.40. The Bertz CT molecular complexity index is 830. The van der Waals surface area contributed by atoms with Gasteiger partial charge in [-0.1, -0.05) is 0 Å². The van der Waals surface area contributed by atoms with Gasteiger partial charge in [-0.25, -0.2) is 9.97 Å². The van der Waals surface area contributed by atoms with Gasteiger partial charge in [-0.15, -0.1) is 0 Å². The van der Waals surface area contributed by atoms with E-state index in [1.807, 2.05) is 38.7 Å². The van der Waals surface area contributed by atoms with Crippen molar-refractivity contribution in [2.45, 2.75) is 38.8 Å². The third kappa shape index (κ3) is 4.37. The van der Waals surface area contributed by atoms with Crippen LogP contribution in [0.1, 0.15) is 26.7 Å². The lowest BCUT2D eigenvalue weighted by Gasteiger charge is -2.19. The predicted molar refractivity (Wildman–Crippen MR) is 117 cm³/mol. The van der Waals surface area contributed by atoms with E-state index < -0.39 is 0 Å². The van der Waals surface area contributed by atoms with E-state index in [2.05, 4.69) is 44.7 Å². The summed E-state index contributed by atoms with van der Waals surface area (Å²) in [4.78, 5) is 16.1. The van der Waals surface area contributed by atoms with E-state index in [-0.39, 0.29) is 0 Å². The van der Waals surface area contributed by atoms with Gasteiger partial charge in [0.2, 0.25) is 5.95 Å². The minimum atomic E-state index is 0.329. The molecule has 3 N–H and O–H groups in total. The Morgan fingerprint density at radius 2 is 1.86 bits per heavy atom. The van der Waals surface area contributed by atoms with Crippen molar-refractivity contribution in [2.75, 3.05) is 48.1 Å². The number of pyridine rings is 1. The van der Waals surface area contributed by atoms with E-state index in [0.29, 0.717) is 24.0 Å². The van der Waals surface area contributed by atoms with E-state index in [1.54, 1.807) is 0 Å². The minimum absolute atomic E-state index is 0.329. The molecule has 2 aliphatic rings. The van der Waals surface area contributed by atoms with Crippen molar-refractivity contribution in [3.8, 4) is 0 Å². The predicted octanol–water partition coefficient (Wildman–Crippen LogP) is 3.34. The lowest BCUT2D eigenvalue weighted by Crippen LogP contribution is -2.25. The Morgan fingerprint density at radius 1 is 1.10 bits per heavy atom.